The lowest BCUT2D eigenvalue weighted by atomic mass is 10.7. The van der Waals surface area contributed by atoms with Crippen molar-refractivity contribution >= 4 is 0 Å². The van der Waals surface area contributed by atoms with Crippen molar-refractivity contribution < 1.29 is 0 Å². The molecular weight excluding hydrogens is 76.1 g/mol. The first kappa shape index (κ1) is 3.28. The Kier molecular flexibility index (Phi) is 0.819. The fraction of sp³-hybridized carbons (Fsp3) is 0. The zero-order valence-corrected chi connectivity index (χ0v) is 3.18. The fourth-order valence-corrected chi connectivity index (χ4v) is 0.246. The zero-order valence-electron chi connectivity index (χ0n) is 3.18. The molecule has 0 fully saturated rings. The average Bonchev–Trinajstić information content (AvgIpc) is 1.72. The van der Waals surface area contributed by atoms with Gasteiger partial charge in [-0.25, -0.2) is 0 Å². The van der Waals surface area contributed by atoms with Crippen LogP contribution in [0.4, 0.5) is 0 Å². The molecule has 1 N–H and O–H groups in total. The molecule has 0 spiro atoms. The van der Waals surface area contributed by atoms with Gasteiger partial charge in [-0.15, -0.1) is 0 Å². The van der Waals surface area contributed by atoms with Crippen LogP contribution in [0.5, 0.6) is 0 Å². The van der Waals surface area contributed by atoms with Crippen molar-refractivity contribution in [3.8, 4) is 0 Å². The van der Waals surface area contributed by atoms with E-state index in [1.54, 1.807) is 18.6 Å². The van der Waals surface area contributed by atoms with E-state index in [-0.39, 0.29) is 0 Å². The molecule has 0 amide bonds. The predicted octanol–water partition coefficient (Wildman–Crippen LogP) is -0.0604. The summed E-state index contributed by atoms with van der Waals surface area (Å²) in [4.78, 5) is 0. The van der Waals surface area contributed by atoms with Crippen molar-refractivity contribution in [1.82, 2.24) is 10.6 Å². The van der Waals surface area contributed by atoms with Crippen LogP contribution in [0, 0.1) is 6.20 Å². The lowest BCUT2D eigenvalue weighted by molar-refractivity contribution is 0.998. The van der Waals surface area contributed by atoms with Gasteiger partial charge in [-0.3, -0.25) is 5.32 Å². The minimum atomic E-state index is 1.64. The summed E-state index contributed by atoms with van der Waals surface area (Å²) in [6, 6.07) is 0. The highest BCUT2D eigenvalue weighted by atomic mass is 14.9. The minimum absolute atomic E-state index is 1.64. The summed E-state index contributed by atoms with van der Waals surface area (Å²) in [7, 11) is 0. The van der Waals surface area contributed by atoms with Crippen LogP contribution < -0.4 is 10.6 Å². The molecule has 0 atom stereocenters. The minimum Gasteiger partial charge on any atom is -0.364 e. The second-order valence-corrected chi connectivity index (χ2v) is 0.885. The Balaban J connectivity index is 2.40. The Morgan fingerprint density at radius 3 is 2.83 bits per heavy atom. The van der Waals surface area contributed by atoms with Crippen molar-refractivity contribution in [2.75, 3.05) is 0 Å². The van der Waals surface area contributed by atoms with Gasteiger partial charge in [0.15, 0.2) is 0 Å². The highest BCUT2D eigenvalue weighted by Gasteiger charge is 1.74. The Morgan fingerprint density at radius 2 is 2.67 bits per heavy atom. The molecule has 0 saturated carbocycles. The van der Waals surface area contributed by atoms with Gasteiger partial charge in [0, 0.05) is 18.6 Å². The van der Waals surface area contributed by atoms with Crippen LogP contribution in [0.3, 0.4) is 0 Å². The van der Waals surface area contributed by atoms with E-state index in [0.29, 0.717) is 0 Å². The van der Waals surface area contributed by atoms with E-state index in [0.717, 1.165) is 0 Å². The number of nitrogens with zero attached hydrogens (tertiary/aromatic N) is 1. The monoisotopic (exact) mass is 80.0 g/mol. The van der Waals surface area contributed by atoms with E-state index in [2.05, 4.69) is 16.8 Å². The van der Waals surface area contributed by atoms with E-state index < -0.39 is 0 Å². The van der Waals surface area contributed by atoms with E-state index >= 15 is 0 Å². The summed E-state index contributed by atoms with van der Waals surface area (Å²) in [5, 5.41) is 6.40. The maximum Gasteiger partial charge on any atom is 0.106 e. The lowest BCUT2D eigenvalue weighted by Crippen LogP contribution is -2.00. The standard InChI is InChI=1S/C4H4N2/c1-2-6-4-3-5-1/h1-3,5H. The largest absolute Gasteiger partial charge is 0.364 e. The maximum atomic E-state index is 3.63. The van der Waals surface area contributed by atoms with Gasteiger partial charge in [-0.1, -0.05) is 0 Å². The Morgan fingerprint density at radius 1 is 1.67 bits per heavy atom. The van der Waals surface area contributed by atoms with Crippen molar-refractivity contribution in [3.05, 3.63) is 24.8 Å². The van der Waals surface area contributed by atoms with Crippen LogP contribution in [-0.4, -0.2) is 0 Å². The molecule has 0 unspecified atom stereocenters. The van der Waals surface area contributed by atoms with Gasteiger partial charge >= 0.3 is 0 Å². The van der Waals surface area contributed by atoms with Gasteiger partial charge < -0.3 is 5.32 Å². The average molecular weight is 80.1 g/mol. The predicted molar refractivity (Wildman–Crippen MR) is 22.2 cm³/mol. The molecule has 6 heavy (non-hydrogen) atoms. The lowest BCUT2D eigenvalue weighted by Gasteiger charge is -1.91. The zero-order chi connectivity index (χ0) is 4.24. The summed E-state index contributed by atoms with van der Waals surface area (Å²) >= 11 is 0. The molecular formula is C4H4N2. The molecule has 0 aliphatic carbocycles. The van der Waals surface area contributed by atoms with Gasteiger partial charge in [-0.05, 0) is 0 Å². The molecule has 30 valence electrons. The SMILES string of the molecule is [C]1=CNC=C[N]1. The Hall–Kier alpha value is -0.920. The van der Waals surface area contributed by atoms with Gasteiger partial charge in [0.2, 0.25) is 0 Å². The molecule has 1 aliphatic rings. The van der Waals surface area contributed by atoms with E-state index in [1.807, 2.05) is 0 Å². The quantitative estimate of drug-likeness (QED) is 0.433. The van der Waals surface area contributed by atoms with Crippen LogP contribution in [0.1, 0.15) is 0 Å². The van der Waals surface area contributed by atoms with Crippen LogP contribution in [0.2, 0.25) is 0 Å². The number of rotatable bonds is 0. The van der Waals surface area contributed by atoms with Crippen molar-refractivity contribution in [2.45, 2.75) is 0 Å². The number of hydrogen-bond donors (Lipinski definition) is 1. The summed E-state index contributed by atoms with van der Waals surface area (Å²) in [5.41, 5.74) is 0. The highest BCUT2D eigenvalue weighted by molar-refractivity contribution is 4.90. The van der Waals surface area contributed by atoms with Crippen LogP contribution in [-0.2, 0) is 0 Å². The molecule has 0 bridgehead atoms. The van der Waals surface area contributed by atoms with Crippen molar-refractivity contribution in [2.24, 2.45) is 0 Å². The van der Waals surface area contributed by atoms with Gasteiger partial charge in [0.1, 0.15) is 6.20 Å². The second kappa shape index (κ2) is 1.50. The third-order valence-electron chi connectivity index (χ3n) is 0.468. The third-order valence-corrected chi connectivity index (χ3v) is 0.468. The third kappa shape index (κ3) is 0.516. The maximum absolute atomic E-state index is 3.63. The number of nitrogens with one attached hydrogen (secondary N) is 1. The molecule has 2 heteroatoms. The van der Waals surface area contributed by atoms with Gasteiger partial charge in [0.25, 0.3) is 0 Å². The summed E-state index contributed by atoms with van der Waals surface area (Å²) in [6.45, 7) is 0. The van der Waals surface area contributed by atoms with Crippen molar-refractivity contribution in [3.63, 3.8) is 0 Å². The molecule has 0 aromatic rings. The molecule has 2 nitrogen and oxygen atoms in total. The number of hydrogen-bond acceptors (Lipinski definition) is 1. The molecule has 1 rings (SSSR count). The molecule has 0 aromatic heterocycles. The van der Waals surface area contributed by atoms with Gasteiger partial charge in [-0.2, -0.15) is 0 Å². The first-order chi connectivity index (χ1) is 3.00. The van der Waals surface area contributed by atoms with Crippen LogP contribution in [0.15, 0.2) is 18.6 Å². The van der Waals surface area contributed by atoms with Crippen LogP contribution in [0.25, 0.3) is 0 Å². The fourth-order valence-electron chi connectivity index (χ4n) is 0.246. The molecule has 2 radical (unpaired) electrons. The normalized spacial score (nSPS) is 16.0. The van der Waals surface area contributed by atoms with Crippen molar-refractivity contribution in [1.29, 1.82) is 0 Å². The topological polar surface area (TPSA) is 26.1 Å². The Labute approximate surface area is 36.5 Å². The summed E-state index contributed by atoms with van der Waals surface area (Å²) in [5.74, 6) is 0. The Bertz CT molecular complexity index is 63.5. The van der Waals surface area contributed by atoms with E-state index in [1.165, 1.54) is 0 Å². The van der Waals surface area contributed by atoms with E-state index in [9.17, 15) is 0 Å². The summed E-state index contributed by atoms with van der Waals surface area (Å²) in [6.07, 6.45) is 7.60. The molecule has 0 saturated heterocycles. The molecule has 1 aliphatic heterocycles. The first-order valence-electron chi connectivity index (χ1n) is 1.68. The van der Waals surface area contributed by atoms with Gasteiger partial charge in [0.05, 0.1) is 0 Å². The first-order valence-corrected chi connectivity index (χ1v) is 1.68. The van der Waals surface area contributed by atoms with Crippen LogP contribution >= 0.6 is 0 Å². The summed E-state index contributed by atoms with van der Waals surface area (Å²) < 4.78 is 0. The van der Waals surface area contributed by atoms with E-state index in [4.69, 9.17) is 0 Å². The second-order valence-electron chi connectivity index (χ2n) is 0.885. The molecule has 1 heterocycles. The smallest absolute Gasteiger partial charge is 0.106 e. The highest BCUT2D eigenvalue weighted by Crippen LogP contribution is 1.72. The molecule has 0 aromatic carbocycles.